The molecule has 3 heteroatoms. The van der Waals surface area contributed by atoms with Crippen molar-refractivity contribution in [2.45, 2.75) is 39.2 Å². The lowest BCUT2D eigenvalue weighted by molar-refractivity contribution is 0.485. The fourth-order valence-corrected chi connectivity index (χ4v) is 2.09. The molecule has 82 valence electrons. The summed E-state index contributed by atoms with van der Waals surface area (Å²) in [6.07, 6.45) is 4.99. The van der Waals surface area contributed by atoms with Crippen LogP contribution in [0.4, 0.5) is 0 Å². The second-order valence-corrected chi connectivity index (χ2v) is 4.23. The number of nitrogens with two attached hydrogens (primary N) is 1. The van der Waals surface area contributed by atoms with E-state index < -0.39 is 0 Å². The molecule has 0 bridgehead atoms. The van der Waals surface area contributed by atoms with Gasteiger partial charge >= 0.3 is 0 Å². The van der Waals surface area contributed by atoms with Gasteiger partial charge in [0.1, 0.15) is 11.5 Å². The van der Waals surface area contributed by atoms with Crippen molar-refractivity contribution >= 4 is 5.84 Å². The maximum atomic E-state index is 5.94. The Labute approximate surface area is 90.4 Å². The molecule has 0 aliphatic heterocycles. The third-order valence-corrected chi connectivity index (χ3v) is 2.99. The van der Waals surface area contributed by atoms with E-state index in [4.69, 9.17) is 10.2 Å². The van der Waals surface area contributed by atoms with Gasteiger partial charge in [-0.2, -0.15) is 0 Å². The minimum Gasteiger partial charge on any atom is -0.464 e. The van der Waals surface area contributed by atoms with Crippen molar-refractivity contribution in [3.8, 4) is 0 Å². The van der Waals surface area contributed by atoms with Crippen molar-refractivity contribution in [2.75, 3.05) is 0 Å². The van der Waals surface area contributed by atoms with Crippen molar-refractivity contribution in [1.29, 1.82) is 0 Å². The summed E-state index contributed by atoms with van der Waals surface area (Å²) in [6, 6.07) is 3.91. The highest BCUT2D eigenvalue weighted by Gasteiger charge is 2.18. The third-order valence-electron chi connectivity index (χ3n) is 2.99. The average Bonchev–Trinajstić information content (AvgIpc) is 2.84. The summed E-state index contributed by atoms with van der Waals surface area (Å²) >= 11 is 0. The van der Waals surface area contributed by atoms with E-state index in [-0.39, 0.29) is 0 Å². The Morgan fingerprint density at radius 1 is 1.47 bits per heavy atom. The number of hydrogen-bond donors (Lipinski definition) is 1. The predicted octanol–water partition coefficient (Wildman–Crippen LogP) is 2.64. The summed E-state index contributed by atoms with van der Waals surface area (Å²) in [7, 11) is 0. The molecule has 1 fully saturated rings. The van der Waals surface area contributed by atoms with Gasteiger partial charge in [0, 0.05) is 5.92 Å². The fraction of sp³-hybridized carbons (Fsp3) is 0.583. The zero-order valence-corrected chi connectivity index (χ0v) is 9.20. The lowest BCUT2D eigenvalue weighted by Gasteiger charge is -2.07. The molecule has 0 spiro atoms. The van der Waals surface area contributed by atoms with Crippen molar-refractivity contribution in [1.82, 2.24) is 0 Å². The van der Waals surface area contributed by atoms with Crippen LogP contribution in [-0.2, 0) is 6.54 Å². The van der Waals surface area contributed by atoms with E-state index in [0.29, 0.717) is 12.5 Å². The molecule has 0 aromatic carbocycles. The molecular formula is C12H18N2O. The molecule has 2 N–H and O–H groups in total. The molecule has 1 saturated carbocycles. The van der Waals surface area contributed by atoms with Crippen molar-refractivity contribution in [3.63, 3.8) is 0 Å². The minimum atomic E-state index is 0.515. The van der Waals surface area contributed by atoms with E-state index in [1.165, 1.54) is 25.7 Å². The molecule has 0 amide bonds. The smallest absolute Gasteiger partial charge is 0.125 e. The maximum Gasteiger partial charge on any atom is 0.125 e. The standard InChI is InChI=1S/C12H18N2O/c1-9-6-7-11(15-9)8-14-12(13)10-4-2-3-5-10/h6-7,10H,2-5,8H2,1H3,(H2,13,14). The Balaban J connectivity index is 1.92. The van der Waals surface area contributed by atoms with Gasteiger partial charge in [-0.3, -0.25) is 4.99 Å². The topological polar surface area (TPSA) is 51.5 Å². The van der Waals surface area contributed by atoms with E-state index in [2.05, 4.69) is 4.99 Å². The predicted molar refractivity (Wildman–Crippen MR) is 60.7 cm³/mol. The van der Waals surface area contributed by atoms with Gasteiger partial charge in [-0.15, -0.1) is 0 Å². The quantitative estimate of drug-likeness (QED) is 0.610. The number of aryl methyl sites for hydroxylation is 1. The van der Waals surface area contributed by atoms with Crippen LogP contribution in [0.5, 0.6) is 0 Å². The van der Waals surface area contributed by atoms with Gasteiger partial charge < -0.3 is 10.2 Å². The molecule has 1 aliphatic rings. The van der Waals surface area contributed by atoms with Crippen LogP contribution in [0.25, 0.3) is 0 Å². The normalized spacial score (nSPS) is 18.6. The third kappa shape index (κ3) is 2.61. The van der Waals surface area contributed by atoms with Crippen molar-refractivity contribution < 1.29 is 4.42 Å². The van der Waals surface area contributed by atoms with Crippen LogP contribution in [0.15, 0.2) is 21.5 Å². The highest BCUT2D eigenvalue weighted by atomic mass is 16.3. The summed E-state index contributed by atoms with van der Waals surface area (Å²) in [4.78, 5) is 4.39. The molecule has 1 aromatic rings. The van der Waals surface area contributed by atoms with Crippen LogP contribution in [0.3, 0.4) is 0 Å². The molecular weight excluding hydrogens is 188 g/mol. The lowest BCUT2D eigenvalue weighted by Crippen LogP contribution is -2.21. The summed E-state index contributed by atoms with van der Waals surface area (Å²) in [5, 5.41) is 0. The molecule has 15 heavy (non-hydrogen) atoms. The lowest BCUT2D eigenvalue weighted by atomic mass is 10.1. The molecule has 0 saturated heterocycles. The Kier molecular flexibility index (Phi) is 3.09. The molecule has 3 nitrogen and oxygen atoms in total. The number of rotatable bonds is 3. The first kappa shape index (κ1) is 10.3. The molecule has 0 radical (unpaired) electrons. The summed E-state index contributed by atoms with van der Waals surface area (Å²) in [5.74, 6) is 3.15. The maximum absolute atomic E-state index is 5.94. The molecule has 0 atom stereocenters. The number of amidine groups is 1. The largest absolute Gasteiger partial charge is 0.464 e. The molecule has 1 aliphatic carbocycles. The van der Waals surface area contributed by atoms with Gasteiger partial charge in [0.15, 0.2) is 0 Å². The molecule has 1 aromatic heterocycles. The Morgan fingerprint density at radius 2 is 2.20 bits per heavy atom. The molecule has 1 heterocycles. The van der Waals surface area contributed by atoms with Crippen LogP contribution in [0, 0.1) is 12.8 Å². The van der Waals surface area contributed by atoms with Gasteiger partial charge in [-0.1, -0.05) is 12.8 Å². The first-order valence-electron chi connectivity index (χ1n) is 5.61. The van der Waals surface area contributed by atoms with E-state index >= 15 is 0 Å². The first-order valence-corrected chi connectivity index (χ1v) is 5.61. The number of hydrogen-bond acceptors (Lipinski definition) is 2. The monoisotopic (exact) mass is 206 g/mol. The SMILES string of the molecule is Cc1ccc(CN=C(N)C2CCCC2)o1. The Morgan fingerprint density at radius 3 is 2.80 bits per heavy atom. The van der Waals surface area contributed by atoms with Crippen LogP contribution < -0.4 is 5.73 Å². The zero-order valence-electron chi connectivity index (χ0n) is 9.20. The van der Waals surface area contributed by atoms with Gasteiger partial charge in [-0.25, -0.2) is 0 Å². The van der Waals surface area contributed by atoms with Crippen LogP contribution in [-0.4, -0.2) is 5.84 Å². The van der Waals surface area contributed by atoms with Gasteiger partial charge in [-0.05, 0) is 31.9 Å². The van der Waals surface area contributed by atoms with E-state index in [9.17, 15) is 0 Å². The number of aliphatic imine (C=N–C) groups is 1. The van der Waals surface area contributed by atoms with Crippen LogP contribution >= 0.6 is 0 Å². The summed E-state index contributed by atoms with van der Waals surface area (Å²) in [6.45, 7) is 2.52. The molecule has 0 unspecified atom stereocenters. The van der Waals surface area contributed by atoms with Crippen LogP contribution in [0.1, 0.15) is 37.2 Å². The average molecular weight is 206 g/mol. The Hall–Kier alpha value is -1.25. The second-order valence-electron chi connectivity index (χ2n) is 4.23. The van der Waals surface area contributed by atoms with Crippen molar-refractivity contribution in [3.05, 3.63) is 23.7 Å². The Bertz CT molecular complexity index is 348. The van der Waals surface area contributed by atoms with E-state index in [0.717, 1.165) is 17.4 Å². The van der Waals surface area contributed by atoms with Gasteiger partial charge in [0.2, 0.25) is 0 Å². The summed E-state index contributed by atoms with van der Waals surface area (Å²) in [5.41, 5.74) is 5.94. The molecule has 2 rings (SSSR count). The van der Waals surface area contributed by atoms with Gasteiger partial charge in [0.05, 0.1) is 12.4 Å². The van der Waals surface area contributed by atoms with E-state index in [1.54, 1.807) is 0 Å². The fourth-order valence-electron chi connectivity index (χ4n) is 2.09. The van der Waals surface area contributed by atoms with Crippen LogP contribution in [0.2, 0.25) is 0 Å². The number of furan rings is 1. The first-order chi connectivity index (χ1) is 7.25. The number of nitrogens with zero attached hydrogens (tertiary/aromatic N) is 1. The van der Waals surface area contributed by atoms with Gasteiger partial charge in [0.25, 0.3) is 0 Å². The second kappa shape index (κ2) is 4.51. The summed E-state index contributed by atoms with van der Waals surface area (Å²) < 4.78 is 5.43. The van der Waals surface area contributed by atoms with Crippen molar-refractivity contribution in [2.24, 2.45) is 16.6 Å². The van der Waals surface area contributed by atoms with E-state index in [1.807, 2.05) is 19.1 Å². The minimum absolute atomic E-state index is 0.515. The highest BCUT2D eigenvalue weighted by Crippen LogP contribution is 2.24. The zero-order chi connectivity index (χ0) is 10.7. The highest BCUT2D eigenvalue weighted by molar-refractivity contribution is 5.83.